The van der Waals surface area contributed by atoms with Gasteiger partial charge in [-0.05, 0) is 57.1 Å². The van der Waals surface area contributed by atoms with Crippen LogP contribution in [0.1, 0.15) is 62.8 Å². The Hall–Kier alpha value is -2.45. The van der Waals surface area contributed by atoms with Crippen molar-refractivity contribution < 1.29 is 9.59 Å². The minimum Gasteiger partial charge on any atom is -0.355 e. The molecule has 0 saturated carbocycles. The second-order valence-electron chi connectivity index (χ2n) is 8.52. The van der Waals surface area contributed by atoms with E-state index in [2.05, 4.69) is 18.5 Å². The molecule has 3 heterocycles. The van der Waals surface area contributed by atoms with E-state index in [1.54, 1.807) is 35.8 Å². The fraction of sp³-hybridized carbons (Fsp3) is 0.417. The molecule has 0 saturated heterocycles. The first kappa shape index (κ1) is 22.7. The number of aromatic nitrogens is 3. The molecule has 0 aliphatic heterocycles. The molecule has 3 aromatic rings. The summed E-state index contributed by atoms with van der Waals surface area (Å²) in [5.74, 6) is 0.549. The summed E-state index contributed by atoms with van der Waals surface area (Å²) in [7, 11) is 0. The van der Waals surface area contributed by atoms with Gasteiger partial charge in [-0.3, -0.25) is 19.0 Å². The number of ketones is 2. The van der Waals surface area contributed by atoms with Crippen molar-refractivity contribution in [2.75, 3.05) is 5.75 Å². The summed E-state index contributed by atoms with van der Waals surface area (Å²) in [6, 6.07) is 0. The molecular formula is C24H27N3O3S2. The Bertz CT molecular complexity index is 1310. The minimum atomic E-state index is -0.123. The third kappa shape index (κ3) is 3.90. The van der Waals surface area contributed by atoms with E-state index < -0.39 is 0 Å². The average molecular weight is 470 g/mol. The molecule has 0 bridgehead atoms. The van der Waals surface area contributed by atoms with Gasteiger partial charge >= 0.3 is 0 Å². The first-order valence-corrected chi connectivity index (χ1v) is 12.5. The van der Waals surface area contributed by atoms with Crippen LogP contribution in [0.25, 0.3) is 10.2 Å². The molecule has 3 aromatic heterocycles. The number of rotatable bonds is 7. The van der Waals surface area contributed by atoms with Gasteiger partial charge in [0.05, 0.1) is 16.8 Å². The van der Waals surface area contributed by atoms with E-state index in [-0.39, 0.29) is 22.9 Å². The molecule has 1 aliphatic carbocycles. The number of aryl methyl sites for hydroxylation is 2. The lowest BCUT2D eigenvalue weighted by molar-refractivity contribution is 0.101. The number of Topliss-reactive ketones (excluding diaryl/α,β-unsaturated/α-hetero) is 2. The van der Waals surface area contributed by atoms with Crippen LogP contribution < -0.4 is 5.56 Å². The van der Waals surface area contributed by atoms with Gasteiger partial charge in [0.15, 0.2) is 16.7 Å². The van der Waals surface area contributed by atoms with Crippen molar-refractivity contribution in [2.45, 2.75) is 58.7 Å². The van der Waals surface area contributed by atoms with E-state index in [0.29, 0.717) is 40.1 Å². The largest absolute Gasteiger partial charge is 0.355 e. The highest BCUT2D eigenvalue weighted by molar-refractivity contribution is 7.99. The summed E-state index contributed by atoms with van der Waals surface area (Å²) in [5.41, 5.74) is 3.49. The van der Waals surface area contributed by atoms with Gasteiger partial charge in [0.1, 0.15) is 4.83 Å². The predicted molar refractivity (Wildman–Crippen MR) is 131 cm³/mol. The van der Waals surface area contributed by atoms with Crippen LogP contribution in [0.2, 0.25) is 0 Å². The Morgan fingerprint density at radius 2 is 2.12 bits per heavy atom. The van der Waals surface area contributed by atoms with E-state index in [0.717, 1.165) is 35.0 Å². The lowest BCUT2D eigenvalue weighted by Crippen LogP contribution is -2.24. The average Bonchev–Trinajstić information content (AvgIpc) is 3.24. The summed E-state index contributed by atoms with van der Waals surface area (Å²) in [5, 5.41) is 1.26. The molecule has 0 radical (unpaired) electrons. The van der Waals surface area contributed by atoms with Gasteiger partial charge in [0, 0.05) is 22.7 Å². The molecule has 1 unspecified atom stereocenters. The predicted octanol–water partition coefficient (Wildman–Crippen LogP) is 4.89. The molecule has 168 valence electrons. The second-order valence-corrected chi connectivity index (χ2v) is 10.5. The van der Waals surface area contributed by atoms with E-state index in [4.69, 9.17) is 4.98 Å². The number of carbonyl (C=O) groups excluding carboxylic acids is 2. The number of aromatic amines is 1. The van der Waals surface area contributed by atoms with Crippen LogP contribution >= 0.6 is 23.1 Å². The summed E-state index contributed by atoms with van der Waals surface area (Å²) >= 11 is 2.86. The third-order valence-corrected chi connectivity index (χ3v) is 8.22. The first-order valence-electron chi connectivity index (χ1n) is 10.7. The van der Waals surface area contributed by atoms with Gasteiger partial charge in [-0.25, -0.2) is 4.98 Å². The van der Waals surface area contributed by atoms with Crippen molar-refractivity contribution in [3.8, 4) is 0 Å². The summed E-state index contributed by atoms with van der Waals surface area (Å²) in [6.45, 7) is 11.5. The van der Waals surface area contributed by atoms with E-state index in [9.17, 15) is 14.4 Å². The Kier molecular flexibility index (Phi) is 6.27. The van der Waals surface area contributed by atoms with E-state index in [1.165, 1.54) is 23.6 Å². The van der Waals surface area contributed by atoms with Gasteiger partial charge in [-0.2, -0.15) is 0 Å². The van der Waals surface area contributed by atoms with Crippen molar-refractivity contribution in [1.29, 1.82) is 0 Å². The van der Waals surface area contributed by atoms with Crippen molar-refractivity contribution in [2.24, 2.45) is 5.92 Å². The highest BCUT2D eigenvalue weighted by atomic mass is 32.2. The molecule has 4 rings (SSSR count). The zero-order valence-electron chi connectivity index (χ0n) is 18.8. The van der Waals surface area contributed by atoms with Gasteiger partial charge in [-0.15, -0.1) is 17.9 Å². The number of H-pyrrole nitrogens is 1. The molecule has 32 heavy (non-hydrogen) atoms. The summed E-state index contributed by atoms with van der Waals surface area (Å²) < 4.78 is 1.62. The lowest BCUT2D eigenvalue weighted by atomic mass is 9.89. The molecule has 0 amide bonds. The first-order chi connectivity index (χ1) is 15.2. The quantitative estimate of drug-likeness (QED) is 0.230. The number of hydrogen-bond donors (Lipinski definition) is 1. The number of hydrogen-bond acceptors (Lipinski definition) is 6. The maximum absolute atomic E-state index is 13.4. The molecule has 0 spiro atoms. The van der Waals surface area contributed by atoms with Crippen LogP contribution in [-0.4, -0.2) is 31.9 Å². The smallest absolute Gasteiger partial charge is 0.263 e. The van der Waals surface area contributed by atoms with Crippen LogP contribution in [-0.2, 0) is 19.4 Å². The van der Waals surface area contributed by atoms with Crippen molar-refractivity contribution in [3.63, 3.8) is 0 Å². The Labute approximate surface area is 195 Å². The lowest BCUT2D eigenvalue weighted by Gasteiger charge is -2.17. The number of thioether (sulfide) groups is 1. The maximum Gasteiger partial charge on any atom is 0.263 e. The highest BCUT2D eigenvalue weighted by Crippen LogP contribution is 2.36. The number of allylic oxidation sites excluding steroid dienone is 1. The van der Waals surface area contributed by atoms with Crippen molar-refractivity contribution in [1.82, 2.24) is 14.5 Å². The highest BCUT2D eigenvalue weighted by Gasteiger charge is 2.25. The number of thiophene rings is 1. The van der Waals surface area contributed by atoms with E-state index in [1.807, 2.05) is 0 Å². The zero-order valence-corrected chi connectivity index (χ0v) is 20.5. The van der Waals surface area contributed by atoms with Crippen LogP contribution in [0.3, 0.4) is 0 Å². The molecule has 0 aromatic carbocycles. The molecule has 1 aliphatic rings. The fourth-order valence-electron chi connectivity index (χ4n) is 4.56. The monoisotopic (exact) mass is 469 g/mol. The van der Waals surface area contributed by atoms with Crippen LogP contribution in [0, 0.1) is 19.8 Å². The number of fused-ring (bicyclic) bond motifs is 3. The molecule has 1 atom stereocenters. The van der Waals surface area contributed by atoms with Crippen molar-refractivity contribution in [3.05, 3.63) is 56.0 Å². The third-order valence-electron chi connectivity index (χ3n) is 6.09. The van der Waals surface area contributed by atoms with Gasteiger partial charge in [0.2, 0.25) is 0 Å². The topological polar surface area (TPSA) is 84.8 Å². The van der Waals surface area contributed by atoms with Crippen LogP contribution in [0.5, 0.6) is 0 Å². The number of nitrogens with one attached hydrogen (secondary N) is 1. The molecule has 8 heteroatoms. The molecule has 1 N–H and O–H groups in total. The number of nitrogens with zero attached hydrogens (tertiary/aromatic N) is 2. The fourth-order valence-corrected chi connectivity index (χ4v) is 6.87. The van der Waals surface area contributed by atoms with E-state index >= 15 is 0 Å². The molecule has 6 nitrogen and oxygen atoms in total. The Balaban J connectivity index is 1.69. The molecule has 0 fully saturated rings. The Morgan fingerprint density at radius 3 is 2.78 bits per heavy atom. The molecular weight excluding hydrogens is 442 g/mol. The minimum absolute atomic E-state index is 0.0531. The standard InChI is InChI=1S/C24H27N3O3S2/c1-6-9-27-23(30)20-16-8-7-12(2)10-18(16)32-22(20)26-24(27)31-11-17(29)21-13(3)19(15(5)28)14(4)25-21/h6,12,25H,1,7-11H2,2-5H3. The number of carbonyl (C=O) groups is 2. The summed E-state index contributed by atoms with van der Waals surface area (Å²) in [6.07, 6.45) is 4.67. The van der Waals surface area contributed by atoms with Crippen molar-refractivity contribution >= 4 is 44.9 Å². The van der Waals surface area contributed by atoms with Crippen LogP contribution in [0.4, 0.5) is 0 Å². The SMILES string of the molecule is C=CCn1c(SCC(=O)c2[nH]c(C)c(C(C)=O)c2C)nc2sc3c(c2c1=O)CCC(C)C3. The van der Waals surface area contributed by atoms with Gasteiger partial charge in [0.25, 0.3) is 5.56 Å². The maximum atomic E-state index is 13.4. The Morgan fingerprint density at radius 1 is 1.38 bits per heavy atom. The summed E-state index contributed by atoms with van der Waals surface area (Å²) in [4.78, 5) is 48.1. The van der Waals surface area contributed by atoms with Gasteiger partial charge in [-0.1, -0.05) is 24.8 Å². The van der Waals surface area contributed by atoms with Crippen LogP contribution in [0.15, 0.2) is 22.6 Å². The second kappa shape index (κ2) is 8.83. The van der Waals surface area contributed by atoms with Gasteiger partial charge < -0.3 is 4.98 Å². The normalized spacial score (nSPS) is 15.7. The zero-order chi connectivity index (χ0) is 23.2.